The highest BCUT2D eigenvalue weighted by Gasteiger charge is 2.09. The summed E-state index contributed by atoms with van der Waals surface area (Å²) in [6, 6.07) is 1.28. The highest BCUT2D eigenvalue weighted by Crippen LogP contribution is 2.10. The van der Waals surface area contributed by atoms with Crippen LogP contribution in [-0.2, 0) is 0 Å². The van der Waals surface area contributed by atoms with E-state index in [1.807, 2.05) is 0 Å². The van der Waals surface area contributed by atoms with Gasteiger partial charge in [-0.05, 0) is 0 Å². The highest BCUT2D eigenvalue weighted by molar-refractivity contribution is 7.15. The summed E-state index contributed by atoms with van der Waals surface area (Å²) in [6.45, 7) is 0. The summed E-state index contributed by atoms with van der Waals surface area (Å²) in [5, 5.41) is 1.52. The van der Waals surface area contributed by atoms with E-state index in [0.717, 1.165) is 0 Å². The van der Waals surface area contributed by atoms with Crippen LogP contribution in [0.15, 0.2) is 22.4 Å². The molecule has 66 valence electrons. The van der Waals surface area contributed by atoms with Gasteiger partial charge in [-0.25, -0.2) is 9.38 Å². The molecular formula is C7H5N3O2S. The van der Waals surface area contributed by atoms with Gasteiger partial charge in [0.2, 0.25) is 0 Å². The summed E-state index contributed by atoms with van der Waals surface area (Å²) < 4.78 is 1.20. The Bertz CT molecular complexity index is 528. The summed E-state index contributed by atoms with van der Waals surface area (Å²) >= 11 is 1.21. The largest absolute Gasteiger partial charge is 0.364 e. The Labute approximate surface area is 76.4 Å². The Morgan fingerprint density at radius 3 is 3.08 bits per heavy atom. The van der Waals surface area contributed by atoms with Crippen molar-refractivity contribution in [3.05, 3.63) is 33.7 Å². The smallest absolute Gasteiger partial charge is 0.266 e. The van der Waals surface area contributed by atoms with Crippen LogP contribution in [0, 0.1) is 0 Å². The van der Waals surface area contributed by atoms with Crippen LogP contribution in [0.4, 0.5) is 0 Å². The quantitative estimate of drug-likeness (QED) is 0.687. The van der Waals surface area contributed by atoms with Gasteiger partial charge >= 0.3 is 0 Å². The molecule has 1 amide bonds. The molecule has 0 aromatic carbocycles. The molecule has 2 rings (SSSR count). The van der Waals surface area contributed by atoms with Gasteiger partial charge in [-0.15, -0.1) is 11.3 Å². The molecule has 0 atom stereocenters. The van der Waals surface area contributed by atoms with Crippen molar-refractivity contribution in [3.8, 4) is 0 Å². The van der Waals surface area contributed by atoms with Crippen LogP contribution in [0.1, 0.15) is 10.5 Å². The third-order valence-electron chi connectivity index (χ3n) is 1.58. The Morgan fingerprint density at radius 2 is 2.38 bits per heavy atom. The number of carbonyl (C=O) groups is 1. The molecule has 0 aliphatic rings. The molecule has 0 saturated heterocycles. The number of hydrogen-bond donors (Lipinski definition) is 1. The maximum Gasteiger partial charge on any atom is 0.266 e. The lowest BCUT2D eigenvalue weighted by molar-refractivity contribution is 0.0994. The second-order valence-electron chi connectivity index (χ2n) is 2.39. The number of hydrogen-bond acceptors (Lipinski definition) is 4. The number of fused-ring (bicyclic) bond motifs is 1. The first kappa shape index (κ1) is 7.93. The van der Waals surface area contributed by atoms with E-state index in [1.165, 1.54) is 33.4 Å². The second-order valence-corrected chi connectivity index (χ2v) is 3.22. The Hall–Kier alpha value is -1.69. The molecule has 0 unspecified atom stereocenters. The molecule has 5 nitrogen and oxygen atoms in total. The van der Waals surface area contributed by atoms with Crippen molar-refractivity contribution in [2.75, 3.05) is 0 Å². The number of thiazole rings is 1. The molecule has 0 radical (unpaired) electrons. The summed E-state index contributed by atoms with van der Waals surface area (Å²) in [6.07, 6.45) is 1.40. The van der Waals surface area contributed by atoms with Crippen molar-refractivity contribution in [1.82, 2.24) is 9.38 Å². The lowest BCUT2D eigenvalue weighted by Gasteiger charge is -1.93. The Morgan fingerprint density at radius 1 is 1.62 bits per heavy atom. The number of primary amides is 1. The summed E-state index contributed by atoms with van der Waals surface area (Å²) in [7, 11) is 0. The molecular weight excluding hydrogens is 190 g/mol. The number of carbonyl (C=O) groups excluding carboxylic acids is 1. The van der Waals surface area contributed by atoms with Crippen molar-refractivity contribution in [1.29, 1.82) is 0 Å². The zero-order valence-corrected chi connectivity index (χ0v) is 7.25. The molecule has 2 heterocycles. The third-order valence-corrected chi connectivity index (χ3v) is 2.42. The van der Waals surface area contributed by atoms with E-state index in [4.69, 9.17) is 5.73 Å². The minimum absolute atomic E-state index is 0.179. The number of aromatic nitrogens is 2. The molecule has 13 heavy (non-hydrogen) atoms. The maximum atomic E-state index is 11.3. The van der Waals surface area contributed by atoms with Crippen molar-refractivity contribution in [2.24, 2.45) is 5.73 Å². The van der Waals surface area contributed by atoms with Crippen LogP contribution in [0.2, 0.25) is 0 Å². The molecule has 2 aromatic rings. The Kier molecular flexibility index (Phi) is 1.63. The highest BCUT2D eigenvalue weighted by atomic mass is 32.1. The van der Waals surface area contributed by atoms with Crippen molar-refractivity contribution >= 4 is 22.2 Å². The first-order chi connectivity index (χ1) is 6.20. The van der Waals surface area contributed by atoms with Crippen LogP contribution in [0.5, 0.6) is 0 Å². The van der Waals surface area contributed by atoms with Gasteiger partial charge in [-0.3, -0.25) is 9.59 Å². The van der Waals surface area contributed by atoms with Crippen molar-refractivity contribution < 1.29 is 4.79 Å². The molecule has 2 aromatic heterocycles. The zero-order valence-electron chi connectivity index (χ0n) is 6.43. The van der Waals surface area contributed by atoms with Gasteiger partial charge in [-0.1, -0.05) is 0 Å². The molecule has 6 heteroatoms. The number of nitrogens with two attached hydrogens (primary N) is 1. The SMILES string of the molecule is NC(=O)c1csc2nccc(=O)n12. The molecule has 0 fully saturated rings. The van der Waals surface area contributed by atoms with Gasteiger partial charge < -0.3 is 5.73 Å². The third kappa shape index (κ3) is 1.11. The molecule has 0 saturated carbocycles. The van der Waals surface area contributed by atoms with Crippen LogP contribution >= 0.6 is 11.3 Å². The van der Waals surface area contributed by atoms with Crippen molar-refractivity contribution in [2.45, 2.75) is 0 Å². The first-order valence-electron chi connectivity index (χ1n) is 3.45. The summed E-state index contributed by atoms with van der Waals surface area (Å²) in [5.41, 5.74) is 4.96. The van der Waals surface area contributed by atoms with E-state index in [-0.39, 0.29) is 11.3 Å². The van der Waals surface area contributed by atoms with Gasteiger partial charge in [-0.2, -0.15) is 0 Å². The standard InChI is InChI=1S/C7H5N3O2S/c8-6(12)4-3-13-7-9-2-1-5(11)10(4)7/h1-3H,(H2,8,12). The summed E-state index contributed by atoms with van der Waals surface area (Å²) in [4.78, 5) is 26.5. The maximum absolute atomic E-state index is 11.3. The lowest BCUT2D eigenvalue weighted by atomic mass is 10.4. The van der Waals surface area contributed by atoms with Crippen LogP contribution in [-0.4, -0.2) is 15.3 Å². The number of nitrogens with zero attached hydrogens (tertiary/aromatic N) is 2. The number of rotatable bonds is 1. The minimum Gasteiger partial charge on any atom is -0.364 e. The predicted octanol–water partition coefficient (Wildman–Crippen LogP) is -0.145. The van der Waals surface area contributed by atoms with Crippen LogP contribution in [0.25, 0.3) is 4.96 Å². The molecule has 0 aliphatic carbocycles. The normalized spacial score (nSPS) is 10.5. The predicted molar refractivity (Wildman–Crippen MR) is 47.9 cm³/mol. The average Bonchev–Trinajstić information content (AvgIpc) is 2.49. The molecule has 2 N–H and O–H groups in total. The van der Waals surface area contributed by atoms with E-state index >= 15 is 0 Å². The van der Waals surface area contributed by atoms with Gasteiger partial charge in [0.15, 0.2) is 4.96 Å². The first-order valence-corrected chi connectivity index (χ1v) is 4.33. The Balaban J connectivity index is 2.95. The van der Waals surface area contributed by atoms with Gasteiger partial charge in [0.05, 0.1) is 0 Å². The van der Waals surface area contributed by atoms with Gasteiger partial charge in [0.1, 0.15) is 5.69 Å². The zero-order chi connectivity index (χ0) is 9.42. The van der Waals surface area contributed by atoms with Crippen LogP contribution < -0.4 is 11.3 Å². The monoisotopic (exact) mass is 195 g/mol. The van der Waals surface area contributed by atoms with Gasteiger partial charge in [0.25, 0.3) is 11.5 Å². The lowest BCUT2D eigenvalue weighted by Crippen LogP contribution is -2.21. The minimum atomic E-state index is -0.624. The van der Waals surface area contributed by atoms with E-state index < -0.39 is 5.91 Å². The van der Waals surface area contributed by atoms with E-state index in [0.29, 0.717) is 4.96 Å². The fourth-order valence-electron chi connectivity index (χ4n) is 1.03. The van der Waals surface area contributed by atoms with E-state index in [9.17, 15) is 9.59 Å². The fraction of sp³-hybridized carbons (Fsp3) is 0. The molecule has 0 spiro atoms. The van der Waals surface area contributed by atoms with Crippen molar-refractivity contribution in [3.63, 3.8) is 0 Å². The molecule has 0 aliphatic heterocycles. The molecule has 0 bridgehead atoms. The van der Waals surface area contributed by atoms with E-state index in [2.05, 4.69) is 4.98 Å². The average molecular weight is 195 g/mol. The number of amides is 1. The van der Waals surface area contributed by atoms with Gasteiger partial charge in [0, 0.05) is 17.6 Å². The summed E-state index contributed by atoms with van der Waals surface area (Å²) in [5.74, 6) is -0.624. The topological polar surface area (TPSA) is 77.5 Å². The fourth-order valence-corrected chi connectivity index (χ4v) is 1.88. The van der Waals surface area contributed by atoms with Crippen LogP contribution in [0.3, 0.4) is 0 Å². The van der Waals surface area contributed by atoms with E-state index in [1.54, 1.807) is 0 Å². The second kappa shape index (κ2) is 2.67.